The molecule has 0 aromatic heterocycles. The predicted octanol–water partition coefficient (Wildman–Crippen LogP) is 1.24. The summed E-state index contributed by atoms with van der Waals surface area (Å²) < 4.78 is 0. The molecule has 2 aliphatic rings. The third-order valence-electron chi connectivity index (χ3n) is 4.17. The highest BCUT2D eigenvalue weighted by molar-refractivity contribution is 5.89. The van der Waals surface area contributed by atoms with Crippen LogP contribution in [-0.2, 0) is 0 Å². The highest BCUT2D eigenvalue weighted by atomic mass is 16.5. The third-order valence-corrected chi connectivity index (χ3v) is 4.17. The van der Waals surface area contributed by atoms with E-state index in [1.165, 1.54) is 23.6 Å². The Bertz CT molecular complexity index is 443. The molecule has 0 unspecified atom stereocenters. The largest absolute Gasteiger partial charge is 0.307 e. The second-order valence-electron chi connectivity index (χ2n) is 5.26. The van der Waals surface area contributed by atoms with E-state index >= 15 is 0 Å². The van der Waals surface area contributed by atoms with Crippen molar-refractivity contribution < 1.29 is 10.2 Å². The zero-order valence-electron chi connectivity index (χ0n) is 10.2. The van der Waals surface area contributed by atoms with Crippen LogP contribution in [0.2, 0.25) is 0 Å². The van der Waals surface area contributed by atoms with Crippen LogP contribution >= 0.6 is 0 Å². The van der Waals surface area contributed by atoms with Gasteiger partial charge in [0.15, 0.2) is 5.71 Å². The molecule has 0 saturated heterocycles. The molecule has 2 atom stereocenters. The monoisotopic (exact) mass is 231 g/mol. The van der Waals surface area contributed by atoms with Crippen molar-refractivity contribution in [1.29, 1.82) is 0 Å². The van der Waals surface area contributed by atoms with Gasteiger partial charge in [0.25, 0.3) is 6.17 Å². The first-order valence-corrected chi connectivity index (χ1v) is 6.38. The maximum atomic E-state index is 10.4. The first-order valence-electron chi connectivity index (χ1n) is 6.38. The molecule has 1 aromatic carbocycles. The number of nitrogens with zero attached hydrogens (tertiary/aromatic N) is 1. The molecule has 1 saturated carbocycles. The second-order valence-corrected chi connectivity index (χ2v) is 5.26. The van der Waals surface area contributed by atoms with Gasteiger partial charge in [0, 0.05) is 12.0 Å². The number of hydrogen-bond donors (Lipinski definition) is 2. The molecule has 90 valence electrons. The van der Waals surface area contributed by atoms with E-state index < -0.39 is 0 Å². The van der Waals surface area contributed by atoms with Crippen molar-refractivity contribution in [3.63, 3.8) is 0 Å². The Morgan fingerprint density at radius 2 is 2.06 bits per heavy atom. The number of nitrogens with one attached hydrogen (secondary N) is 1. The van der Waals surface area contributed by atoms with Gasteiger partial charge in [-0.25, -0.2) is 4.99 Å². The van der Waals surface area contributed by atoms with Crippen molar-refractivity contribution in [2.24, 2.45) is 0 Å². The van der Waals surface area contributed by atoms with E-state index in [1.54, 1.807) is 0 Å². The Balaban J connectivity index is 1.97. The Morgan fingerprint density at radius 1 is 1.29 bits per heavy atom. The maximum Gasteiger partial charge on any atom is 0.255 e. The fourth-order valence-corrected chi connectivity index (χ4v) is 3.04. The molecular formula is C14H19N2O+. The van der Waals surface area contributed by atoms with Crippen molar-refractivity contribution in [3.05, 3.63) is 35.9 Å². The van der Waals surface area contributed by atoms with E-state index in [4.69, 9.17) is 0 Å². The van der Waals surface area contributed by atoms with E-state index in [-0.39, 0.29) is 11.7 Å². The number of hydroxylamine groups is 2. The fraction of sp³-hybridized carbons (Fsp3) is 0.500. The lowest BCUT2D eigenvalue weighted by Gasteiger charge is -2.32. The molecule has 2 N–H and O–H groups in total. The third kappa shape index (κ3) is 1.61. The first-order chi connectivity index (χ1) is 8.22. The van der Waals surface area contributed by atoms with Gasteiger partial charge in [0.05, 0.1) is 0 Å². The Labute approximate surface area is 102 Å². The van der Waals surface area contributed by atoms with Crippen LogP contribution in [-0.4, -0.2) is 21.5 Å². The highest BCUT2D eigenvalue weighted by Gasteiger charge is 2.52. The van der Waals surface area contributed by atoms with Crippen LogP contribution in [0.3, 0.4) is 0 Å². The predicted molar refractivity (Wildman–Crippen MR) is 65.7 cm³/mol. The van der Waals surface area contributed by atoms with Gasteiger partial charge in [-0.1, -0.05) is 36.8 Å². The Morgan fingerprint density at radius 3 is 2.76 bits per heavy atom. The van der Waals surface area contributed by atoms with Crippen molar-refractivity contribution in [1.82, 2.24) is 5.06 Å². The lowest BCUT2D eigenvalue weighted by Crippen LogP contribution is -2.73. The Kier molecular flexibility index (Phi) is 2.53. The van der Waals surface area contributed by atoms with Crippen molar-refractivity contribution in [2.75, 3.05) is 0 Å². The van der Waals surface area contributed by atoms with Gasteiger partial charge >= 0.3 is 0 Å². The standard InChI is InChI=1S/C14H18N2O/c1-14-10-6-5-9-12(14)15-13(16(14)17)11-7-3-2-4-8-11/h2-4,7-8,13,17H,5-6,9-10H2,1H3/p+1/t13-,14+/m0/s1. The minimum Gasteiger partial charge on any atom is -0.307 e. The van der Waals surface area contributed by atoms with Gasteiger partial charge in [0.1, 0.15) is 5.54 Å². The summed E-state index contributed by atoms with van der Waals surface area (Å²) in [4.78, 5) is 3.49. The van der Waals surface area contributed by atoms with Gasteiger partial charge < -0.3 is 5.21 Å². The first kappa shape index (κ1) is 10.9. The smallest absolute Gasteiger partial charge is 0.255 e. The molecule has 3 nitrogen and oxygen atoms in total. The molecule has 1 fully saturated rings. The van der Waals surface area contributed by atoms with Crippen LogP contribution in [0, 0.1) is 0 Å². The molecule has 1 heterocycles. The van der Waals surface area contributed by atoms with Crippen LogP contribution in [0.15, 0.2) is 30.3 Å². The quantitative estimate of drug-likeness (QED) is 0.763. The molecule has 0 radical (unpaired) electrons. The van der Waals surface area contributed by atoms with Gasteiger partial charge in [-0.2, -0.15) is 0 Å². The van der Waals surface area contributed by atoms with E-state index in [9.17, 15) is 5.21 Å². The van der Waals surface area contributed by atoms with E-state index in [0.717, 1.165) is 18.4 Å². The zero-order chi connectivity index (χ0) is 11.9. The summed E-state index contributed by atoms with van der Waals surface area (Å²) in [5, 5.41) is 12.0. The average molecular weight is 231 g/mol. The van der Waals surface area contributed by atoms with Crippen molar-refractivity contribution >= 4 is 5.71 Å². The lowest BCUT2D eigenvalue weighted by atomic mass is 9.82. The van der Waals surface area contributed by atoms with E-state index in [0.29, 0.717) is 0 Å². The Hall–Kier alpha value is -1.19. The van der Waals surface area contributed by atoms with Crippen LogP contribution in [0.5, 0.6) is 0 Å². The lowest BCUT2D eigenvalue weighted by molar-refractivity contribution is -0.549. The van der Waals surface area contributed by atoms with Crippen LogP contribution in [0.1, 0.15) is 44.3 Å². The zero-order valence-corrected chi connectivity index (χ0v) is 10.2. The fourth-order valence-electron chi connectivity index (χ4n) is 3.04. The molecule has 17 heavy (non-hydrogen) atoms. The van der Waals surface area contributed by atoms with Crippen LogP contribution in [0.4, 0.5) is 0 Å². The summed E-state index contributed by atoms with van der Waals surface area (Å²) in [6.07, 6.45) is 4.45. The van der Waals surface area contributed by atoms with Crippen LogP contribution < -0.4 is 4.99 Å². The van der Waals surface area contributed by atoms with Gasteiger partial charge in [-0.15, -0.1) is 5.06 Å². The number of rotatable bonds is 1. The minimum atomic E-state index is -0.182. The highest BCUT2D eigenvalue weighted by Crippen LogP contribution is 2.34. The SMILES string of the molecule is C[C@@]12CCCCC1=[NH+][C@H](c1ccccc1)N2O. The molecule has 1 aromatic rings. The molecule has 3 heteroatoms. The van der Waals surface area contributed by atoms with E-state index in [1.807, 2.05) is 18.2 Å². The second kappa shape index (κ2) is 3.93. The van der Waals surface area contributed by atoms with Gasteiger partial charge in [0.2, 0.25) is 0 Å². The summed E-state index contributed by atoms with van der Waals surface area (Å²) in [6, 6.07) is 10.1. The summed E-state index contributed by atoms with van der Waals surface area (Å²) in [7, 11) is 0. The van der Waals surface area contributed by atoms with Crippen LogP contribution in [0.25, 0.3) is 0 Å². The summed E-state index contributed by atoms with van der Waals surface area (Å²) in [5.41, 5.74) is 2.23. The van der Waals surface area contributed by atoms with E-state index in [2.05, 4.69) is 24.0 Å². The number of benzene rings is 1. The van der Waals surface area contributed by atoms with Gasteiger partial charge in [-0.05, 0) is 19.8 Å². The average Bonchev–Trinajstić information content (AvgIpc) is 2.64. The van der Waals surface area contributed by atoms with Crippen molar-refractivity contribution in [3.8, 4) is 0 Å². The molecule has 0 spiro atoms. The molecule has 3 rings (SSSR count). The topological polar surface area (TPSA) is 37.4 Å². The molecule has 0 bridgehead atoms. The summed E-state index contributed by atoms with van der Waals surface area (Å²) in [5.74, 6) is 0. The number of fused-ring (bicyclic) bond motifs is 1. The molecule has 1 aliphatic heterocycles. The van der Waals surface area contributed by atoms with Crippen molar-refractivity contribution in [2.45, 2.75) is 44.3 Å². The van der Waals surface area contributed by atoms with Gasteiger partial charge in [-0.3, -0.25) is 0 Å². The summed E-state index contributed by atoms with van der Waals surface area (Å²) in [6.45, 7) is 2.14. The molecule has 1 aliphatic carbocycles. The molecule has 0 amide bonds. The molecular weight excluding hydrogens is 212 g/mol. The number of hydrogen-bond acceptors (Lipinski definition) is 2. The minimum absolute atomic E-state index is 0.0886. The summed E-state index contributed by atoms with van der Waals surface area (Å²) >= 11 is 0. The maximum absolute atomic E-state index is 10.4. The normalized spacial score (nSPS) is 33.3.